The standard InChI is InChI=1S/C17H20N4O3/c1-11-10-15(21(3)20-11)17(24)18-9-8-16(23)19-14-6-4-13(5-7-14)12(2)22/h4-7,10H,8-9H2,1-3H3,(H,18,24)(H,19,23). The smallest absolute Gasteiger partial charge is 0.269 e. The fourth-order valence-corrected chi connectivity index (χ4v) is 2.21. The van der Waals surface area contributed by atoms with Gasteiger partial charge in [0.15, 0.2) is 5.78 Å². The van der Waals surface area contributed by atoms with Crippen molar-refractivity contribution in [1.29, 1.82) is 0 Å². The van der Waals surface area contributed by atoms with Gasteiger partial charge >= 0.3 is 0 Å². The van der Waals surface area contributed by atoms with Crippen molar-refractivity contribution in [2.75, 3.05) is 11.9 Å². The lowest BCUT2D eigenvalue weighted by molar-refractivity contribution is -0.116. The van der Waals surface area contributed by atoms with Crippen LogP contribution in [0.25, 0.3) is 0 Å². The molecule has 0 aliphatic rings. The molecule has 0 bridgehead atoms. The summed E-state index contributed by atoms with van der Waals surface area (Å²) >= 11 is 0. The van der Waals surface area contributed by atoms with E-state index in [9.17, 15) is 14.4 Å². The number of carbonyl (C=O) groups excluding carboxylic acids is 3. The summed E-state index contributed by atoms with van der Waals surface area (Å²) in [4.78, 5) is 35.1. The van der Waals surface area contributed by atoms with Crippen molar-refractivity contribution in [1.82, 2.24) is 15.1 Å². The second-order valence-corrected chi connectivity index (χ2v) is 5.48. The molecule has 2 N–H and O–H groups in total. The Morgan fingerprint density at radius 1 is 1.17 bits per heavy atom. The molecule has 0 aliphatic heterocycles. The van der Waals surface area contributed by atoms with Crippen LogP contribution in [0, 0.1) is 6.92 Å². The molecule has 1 aromatic heterocycles. The molecule has 0 aliphatic carbocycles. The van der Waals surface area contributed by atoms with Crippen molar-refractivity contribution >= 4 is 23.3 Å². The quantitative estimate of drug-likeness (QED) is 0.789. The Morgan fingerprint density at radius 2 is 1.83 bits per heavy atom. The van der Waals surface area contributed by atoms with Gasteiger partial charge in [0.25, 0.3) is 5.91 Å². The Kier molecular flexibility index (Phi) is 5.47. The van der Waals surface area contributed by atoms with Gasteiger partial charge < -0.3 is 10.6 Å². The minimum absolute atomic E-state index is 0.0269. The molecular weight excluding hydrogens is 308 g/mol. The summed E-state index contributed by atoms with van der Waals surface area (Å²) in [5.74, 6) is -0.509. The number of hydrogen-bond acceptors (Lipinski definition) is 4. The molecule has 2 aromatic rings. The molecule has 24 heavy (non-hydrogen) atoms. The first-order chi connectivity index (χ1) is 11.4. The number of hydrogen-bond donors (Lipinski definition) is 2. The number of amides is 2. The van der Waals surface area contributed by atoms with Gasteiger partial charge in [0.2, 0.25) is 5.91 Å². The first kappa shape index (κ1) is 17.4. The van der Waals surface area contributed by atoms with E-state index in [-0.39, 0.29) is 30.6 Å². The highest BCUT2D eigenvalue weighted by atomic mass is 16.2. The van der Waals surface area contributed by atoms with Gasteiger partial charge in [-0.25, -0.2) is 0 Å². The second-order valence-electron chi connectivity index (χ2n) is 5.48. The molecule has 126 valence electrons. The van der Waals surface area contributed by atoms with Gasteiger partial charge in [-0.1, -0.05) is 0 Å². The minimum Gasteiger partial charge on any atom is -0.350 e. The fraction of sp³-hybridized carbons (Fsp3) is 0.294. The highest BCUT2D eigenvalue weighted by Crippen LogP contribution is 2.10. The van der Waals surface area contributed by atoms with E-state index in [1.165, 1.54) is 11.6 Å². The summed E-state index contributed by atoms with van der Waals surface area (Å²) in [6.07, 6.45) is 0.150. The zero-order valence-electron chi connectivity index (χ0n) is 13.9. The monoisotopic (exact) mass is 328 g/mol. The normalized spacial score (nSPS) is 10.3. The molecule has 7 heteroatoms. The summed E-state index contributed by atoms with van der Waals surface area (Å²) in [5.41, 5.74) is 2.41. The molecule has 1 heterocycles. The van der Waals surface area contributed by atoms with Gasteiger partial charge in [-0.3, -0.25) is 19.1 Å². The highest BCUT2D eigenvalue weighted by Gasteiger charge is 2.12. The van der Waals surface area contributed by atoms with Crippen molar-refractivity contribution in [2.24, 2.45) is 7.05 Å². The molecule has 1 aromatic carbocycles. The average molecular weight is 328 g/mol. The maximum Gasteiger partial charge on any atom is 0.269 e. The van der Waals surface area contributed by atoms with Gasteiger partial charge in [0.05, 0.1) is 5.69 Å². The molecule has 0 spiro atoms. The number of anilines is 1. The van der Waals surface area contributed by atoms with Crippen LogP contribution in [-0.4, -0.2) is 33.9 Å². The van der Waals surface area contributed by atoms with Gasteiger partial charge in [-0.15, -0.1) is 0 Å². The lowest BCUT2D eigenvalue weighted by Gasteiger charge is -2.07. The minimum atomic E-state index is -0.267. The summed E-state index contributed by atoms with van der Waals surface area (Å²) in [6, 6.07) is 8.35. The van der Waals surface area contributed by atoms with Gasteiger partial charge in [-0.2, -0.15) is 5.10 Å². The molecule has 0 radical (unpaired) electrons. The maximum absolute atomic E-state index is 12.0. The fourth-order valence-electron chi connectivity index (χ4n) is 2.21. The predicted octanol–water partition coefficient (Wildman–Crippen LogP) is 1.69. The molecule has 0 unspecified atom stereocenters. The van der Waals surface area contributed by atoms with E-state index in [1.54, 1.807) is 37.4 Å². The van der Waals surface area contributed by atoms with E-state index in [2.05, 4.69) is 15.7 Å². The van der Waals surface area contributed by atoms with Crippen molar-refractivity contribution in [3.8, 4) is 0 Å². The zero-order chi connectivity index (χ0) is 17.7. The SMILES string of the molecule is CC(=O)c1ccc(NC(=O)CCNC(=O)c2cc(C)nn2C)cc1. The van der Waals surface area contributed by atoms with E-state index in [0.29, 0.717) is 16.9 Å². The summed E-state index contributed by atoms with van der Waals surface area (Å²) < 4.78 is 1.50. The zero-order valence-corrected chi connectivity index (χ0v) is 13.9. The van der Waals surface area contributed by atoms with Crippen LogP contribution in [0.4, 0.5) is 5.69 Å². The van der Waals surface area contributed by atoms with Crippen LogP contribution in [0.15, 0.2) is 30.3 Å². The van der Waals surface area contributed by atoms with E-state index in [0.717, 1.165) is 5.69 Å². The van der Waals surface area contributed by atoms with Gasteiger partial charge in [0, 0.05) is 31.3 Å². The Labute approximate surface area is 140 Å². The number of ketones is 1. The van der Waals surface area contributed by atoms with Crippen molar-refractivity contribution < 1.29 is 14.4 Å². The molecule has 0 fully saturated rings. The maximum atomic E-state index is 12.0. The number of aryl methyl sites for hydroxylation is 2. The van der Waals surface area contributed by atoms with Crippen LogP contribution in [-0.2, 0) is 11.8 Å². The molecule has 0 saturated heterocycles. The molecule has 2 rings (SSSR count). The number of nitrogens with one attached hydrogen (secondary N) is 2. The number of benzene rings is 1. The summed E-state index contributed by atoms with van der Waals surface area (Å²) in [7, 11) is 1.69. The van der Waals surface area contributed by atoms with Crippen LogP contribution >= 0.6 is 0 Å². The number of carbonyl (C=O) groups is 3. The van der Waals surface area contributed by atoms with Crippen LogP contribution in [0.3, 0.4) is 0 Å². The number of rotatable bonds is 6. The molecule has 0 atom stereocenters. The topological polar surface area (TPSA) is 93.1 Å². The Bertz CT molecular complexity index is 763. The Balaban J connectivity index is 1.80. The number of nitrogens with zero attached hydrogens (tertiary/aromatic N) is 2. The van der Waals surface area contributed by atoms with Crippen LogP contribution in [0.5, 0.6) is 0 Å². The second kappa shape index (κ2) is 7.54. The molecule has 0 saturated carbocycles. The first-order valence-corrected chi connectivity index (χ1v) is 7.56. The molecular formula is C17H20N4O3. The van der Waals surface area contributed by atoms with Crippen molar-refractivity contribution in [3.63, 3.8) is 0 Å². The summed E-state index contributed by atoms with van der Waals surface area (Å²) in [6.45, 7) is 3.52. The molecule has 2 amide bonds. The van der Waals surface area contributed by atoms with Crippen LogP contribution in [0.1, 0.15) is 39.9 Å². The van der Waals surface area contributed by atoms with Crippen molar-refractivity contribution in [3.05, 3.63) is 47.3 Å². The molecule has 7 nitrogen and oxygen atoms in total. The number of aromatic nitrogens is 2. The van der Waals surface area contributed by atoms with Gasteiger partial charge in [0.1, 0.15) is 5.69 Å². The number of Topliss-reactive ketones (excluding diaryl/α,β-unsaturated/α-hetero) is 1. The summed E-state index contributed by atoms with van der Waals surface area (Å²) in [5, 5.41) is 9.51. The van der Waals surface area contributed by atoms with Crippen LogP contribution < -0.4 is 10.6 Å². The lowest BCUT2D eigenvalue weighted by Crippen LogP contribution is -2.29. The third kappa shape index (κ3) is 4.52. The van der Waals surface area contributed by atoms with E-state index >= 15 is 0 Å². The first-order valence-electron chi connectivity index (χ1n) is 7.56. The van der Waals surface area contributed by atoms with Gasteiger partial charge in [-0.05, 0) is 44.2 Å². The predicted molar refractivity (Wildman–Crippen MR) is 90.0 cm³/mol. The third-order valence-electron chi connectivity index (χ3n) is 3.45. The lowest BCUT2D eigenvalue weighted by atomic mass is 10.1. The average Bonchev–Trinajstić information content (AvgIpc) is 2.86. The van der Waals surface area contributed by atoms with E-state index in [4.69, 9.17) is 0 Å². The Hall–Kier alpha value is -2.96. The highest BCUT2D eigenvalue weighted by molar-refractivity contribution is 5.96. The van der Waals surface area contributed by atoms with E-state index in [1.807, 2.05) is 6.92 Å². The van der Waals surface area contributed by atoms with Crippen molar-refractivity contribution in [2.45, 2.75) is 20.3 Å². The third-order valence-corrected chi connectivity index (χ3v) is 3.45. The largest absolute Gasteiger partial charge is 0.350 e. The van der Waals surface area contributed by atoms with E-state index < -0.39 is 0 Å². The Morgan fingerprint density at radius 3 is 2.38 bits per heavy atom. The van der Waals surface area contributed by atoms with Crippen LogP contribution in [0.2, 0.25) is 0 Å².